The van der Waals surface area contributed by atoms with Gasteiger partial charge < -0.3 is 20.1 Å². The highest BCUT2D eigenvalue weighted by atomic mass is 16.5. The van der Waals surface area contributed by atoms with E-state index in [0.29, 0.717) is 29.5 Å². The predicted octanol–water partition coefficient (Wildman–Crippen LogP) is 6.07. The molecule has 5 rings (SSSR count). The number of carboxylic acid groups (broad SMARTS) is 1. The first-order valence-corrected chi connectivity index (χ1v) is 13.1. The Kier molecular flexibility index (Phi) is 8.06. The second-order valence-corrected chi connectivity index (χ2v) is 9.63. The van der Waals surface area contributed by atoms with Crippen LogP contribution in [0.3, 0.4) is 0 Å². The highest BCUT2D eigenvalue weighted by molar-refractivity contribution is 5.96. The number of aromatic carboxylic acids is 1. The second-order valence-electron chi connectivity index (χ2n) is 9.63. The number of carbonyl (C=O) groups excluding carboxylic acids is 1. The molecule has 6 nitrogen and oxygen atoms in total. The zero-order chi connectivity index (χ0) is 27.0. The molecule has 1 amide bonds. The third kappa shape index (κ3) is 6.75. The lowest BCUT2D eigenvalue weighted by molar-refractivity contribution is 0.0696. The Balaban J connectivity index is 1.12. The summed E-state index contributed by atoms with van der Waals surface area (Å²) in [6.45, 7) is 2.31. The van der Waals surface area contributed by atoms with Crippen LogP contribution in [-0.4, -0.2) is 41.6 Å². The Morgan fingerprint density at radius 2 is 1.64 bits per heavy atom. The standard InChI is InChI=1S/C33H30N2O4/c36-32(27-10-4-9-26(21-27)25-7-2-1-3-8-25)34-29-12-6-13-30(16-15-29)35-19-17-24(18-20-35)23-39-31-14-5-11-28(22-31)33(37)38/h1-12,14-16,21-22,24H,17-20,23H2,(H,34,36)(H,37,38). The Hall–Kier alpha value is -4.80. The van der Waals surface area contributed by atoms with E-state index in [1.807, 2.05) is 78.9 Å². The van der Waals surface area contributed by atoms with Crippen LogP contribution in [0.2, 0.25) is 0 Å². The Morgan fingerprint density at radius 1 is 0.897 bits per heavy atom. The van der Waals surface area contributed by atoms with E-state index in [4.69, 9.17) is 9.84 Å². The molecule has 1 aliphatic heterocycles. The summed E-state index contributed by atoms with van der Waals surface area (Å²) < 4.78 is 5.88. The number of amides is 1. The second kappa shape index (κ2) is 12.2. The third-order valence-corrected chi connectivity index (χ3v) is 6.93. The molecule has 196 valence electrons. The van der Waals surface area contributed by atoms with Crippen molar-refractivity contribution in [3.8, 4) is 16.9 Å². The van der Waals surface area contributed by atoms with E-state index >= 15 is 0 Å². The maximum absolute atomic E-state index is 13.0. The number of hydrogen-bond donors (Lipinski definition) is 2. The van der Waals surface area contributed by atoms with Gasteiger partial charge in [0, 0.05) is 24.4 Å². The van der Waals surface area contributed by atoms with Crippen LogP contribution in [0.15, 0.2) is 120 Å². The number of carboxylic acids is 1. The summed E-state index contributed by atoms with van der Waals surface area (Å²) in [5.74, 6) is -0.132. The molecule has 1 heterocycles. The van der Waals surface area contributed by atoms with Gasteiger partial charge in [0.05, 0.1) is 17.9 Å². The van der Waals surface area contributed by atoms with Crippen LogP contribution in [0.1, 0.15) is 33.6 Å². The summed E-state index contributed by atoms with van der Waals surface area (Å²) in [6.07, 6.45) is 9.53. The molecule has 0 radical (unpaired) electrons. The monoisotopic (exact) mass is 518 g/mol. The summed E-state index contributed by atoms with van der Waals surface area (Å²) in [4.78, 5) is 26.4. The molecule has 3 aromatic rings. The normalized spacial score (nSPS) is 15.2. The fourth-order valence-electron chi connectivity index (χ4n) is 4.72. The Labute approximate surface area is 228 Å². The van der Waals surface area contributed by atoms with Crippen molar-refractivity contribution in [1.29, 1.82) is 0 Å². The van der Waals surface area contributed by atoms with Gasteiger partial charge in [-0.1, -0.05) is 54.3 Å². The molecule has 0 unspecified atom stereocenters. The van der Waals surface area contributed by atoms with Crippen LogP contribution in [-0.2, 0) is 0 Å². The molecule has 6 heteroatoms. The van der Waals surface area contributed by atoms with Crippen LogP contribution in [0.5, 0.6) is 5.75 Å². The number of allylic oxidation sites excluding steroid dienone is 3. The van der Waals surface area contributed by atoms with Crippen molar-refractivity contribution >= 4 is 11.9 Å². The number of carbonyl (C=O) groups is 2. The van der Waals surface area contributed by atoms with E-state index < -0.39 is 5.97 Å². The highest BCUT2D eigenvalue weighted by Gasteiger charge is 2.21. The largest absolute Gasteiger partial charge is 0.493 e. The van der Waals surface area contributed by atoms with Gasteiger partial charge in [-0.05, 0) is 84.5 Å². The van der Waals surface area contributed by atoms with E-state index in [0.717, 1.165) is 42.8 Å². The zero-order valence-electron chi connectivity index (χ0n) is 21.5. The van der Waals surface area contributed by atoms with Crippen molar-refractivity contribution in [3.05, 3.63) is 131 Å². The molecule has 0 bridgehead atoms. The number of nitrogens with zero attached hydrogens (tertiary/aromatic N) is 1. The molecule has 0 saturated carbocycles. The quantitative estimate of drug-likeness (QED) is 0.354. The SMILES string of the molecule is O=C(O)c1cccc(OCC2CCN(C3=C=CC=C(NC(=O)c4cccc(-c5ccccc5)c4)C=C3)CC2)c1. The molecule has 0 spiro atoms. The fourth-order valence-corrected chi connectivity index (χ4v) is 4.72. The molecule has 1 fully saturated rings. The fraction of sp³-hybridized carbons (Fsp3) is 0.182. The predicted molar refractivity (Wildman–Crippen MR) is 151 cm³/mol. The van der Waals surface area contributed by atoms with Crippen molar-refractivity contribution in [3.63, 3.8) is 0 Å². The van der Waals surface area contributed by atoms with Crippen LogP contribution in [0.25, 0.3) is 11.1 Å². The number of piperidine rings is 1. The summed E-state index contributed by atoms with van der Waals surface area (Å²) >= 11 is 0. The van der Waals surface area contributed by atoms with Gasteiger partial charge in [-0.3, -0.25) is 4.79 Å². The van der Waals surface area contributed by atoms with Gasteiger partial charge in [0.15, 0.2) is 0 Å². The minimum atomic E-state index is -0.957. The third-order valence-electron chi connectivity index (χ3n) is 6.93. The highest BCUT2D eigenvalue weighted by Crippen LogP contribution is 2.24. The van der Waals surface area contributed by atoms with Gasteiger partial charge >= 0.3 is 5.97 Å². The van der Waals surface area contributed by atoms with Gasteiger partial charge in [0.25, 0.3) is 5.91 Å². The summed E-state index contributed by atoms with van der Waals surface area (Å²) in [6, 6.07) is 24.2. The molecule has 39 heavy (non-hydrogen) atoms. The topological polar surface area (TPSA) is 78.9 Å². The number of nitrogens with one attached hydrogen (secondary N) is 1. The lowest BCUT2D eigenvalue weighted by Crippen LogP contribution is -2.34. The average Bonchev–Trinajstić information content (AvgIpc) is 3.22. The summed E-state index contributed by atoms with van der Waals surface area (Å²) in [5.41, 5.74) is 7.92. The van der Waals surface area contributed by atoms with Crippen LogP contribution >= 0.6 is 0 Å². The lowest BCUT2D eigenvalue weighted by atomic mass is 9.97. The van der Waals surface area contributed by atoms with Gasteiger partial charge in [-0.15, -0.1) is 0 Å². The van der Waals surface area contributed by atoms with Crippen LogP contribution in [0.4, 0.5) is 0 Å². The number of ether oxygens (including phenoxy) is 1. The Morgan fingerprint density at radius 3 is 2.44 bits per heavy atom. The van der Waals surface area contributed by atoms with Gasteiger partial charge in [-0.25, -0.2) is 4.79 Å². The molecule has 2 aliphatic rings. The zero-order valence-corrected chi connectivity index (χ0v) is 21.5. The van der Waals surface area contributed by atoms with Crippen molar-refractivity contribution in [1.82, 2.24) is 10.2 Å². The number of rotatable bonds is 8. The van der Waals surface area contributed by atoms with Crippen molar-refractivity contribution in [2.45, 2.75) is 12.8 Å². The number of benzene rings is 3. The first-order chi connectivity index (χ1) is 19.0. The van der Waals surface area contributed by atoms with Crippen LogP contribution < -0.4 is 10.1 Å². The van der Waals surface area contributed by atoms with E-state index in [2.05, 4.69) is 15.9 Å². The van der Waals surface area contributed by atoms with Crippen molar-refractivity contribution in [2.75, 3.05) is 19.7 Å². The minimum absolute atomic E-state index is 0.157. The molecular weight excluding hydrogens is 488 g/mol. The van der Waals surface area contributed by atoms with Gasteiger partial charge in [-0.2, -0.15) is 0 Å². The maximum Gasteiger partial charge on any atom is 0.335 e. The van der Waals surface area contributed by atoms with E-state index in [-0.39, 0.29) is 11.5 Å². The molecule has 1 aliphatic carbocycles. The van der Waals surface area contributed by atoms with Gasteiger partial charge in [0.2, 0.25) is 0 Å². The number of likely N-dealkylation sites (tertiary alicyclic amines) is 1. The maximum atomic E-state index is 13.0. The first kappa shape index (κ1) is 25.8. The molecule has 0 aromatic heterocycles. The smallest absolute Gasteiger partial charge is 0.335 e. The minimum Gasteiger partial charge on any atom is -0.493 e. The summed E-state index contributed by atoms with van der Waals surface area (Å²) in [5, 5.41) is 12.2. The van der Waals surface area contributed by atoms with Crippen LogP contribution in [0, 0.1) is 5.92 Å². The summed E-state index contributed by atoms with van der Waals surface area (Å²) in [7, 11) is 0. The van der Waals surface area contributed by atoms with Gasteiger partial charge in [0.1, 0.15) is 5.75 Å². The first-order valence-electron chi connectivity index (χ1n) is 13.1. The van der Waals surface area contributed by atoms with E-state index in [1.165, 1.54) is 0 Å². The molecule has 2 N–H and O–H groups in total. The molecule has 1 saturated heterocycles. The van der Waals surface area contributed by atoms with Crippen molar-refractivity contribution < 1.29 is 19.4 Å². The van der Waals surface area contributed by atoms with E-state index in [9.17, 15) is 9.59 Å². The Bertz CT molecular complexity index is 1470. The van der Waals surface area contributed by atoms with E-state index in [1.54, 1.807) is 24.3 Å². The number of hydrogen-bond acceptors (Lipinski definition) is 4. The molecule has 3 aromatic carbocycles. The van der Waals surface area contributed by atoms with Crippen molar-refractivity contribution in [2.24, 2.45) is 5.92 Å². The molecular formula is C33H30N2O4. The average molecular weight is 519 g/mol. The molecule has 0 atom stereocenters. The lowest BCUT2D eigenvalue weighted by Gasteiger charge is -2.33.